The van der Waals surface area contributed by atoms with Crippen LogP contribution in [0.3, 0.4) is 0 Å². The first-order valence-corrected chi connectivity index (χ1v) is 4.11. The second-order valence-corrected chi connectivity index (χ2v) is 2.78. The first kappa shape index (κ1) is 12.9. The molecule has 0 spiro atoms. The number of esters is 1. The first-order chi connectivity index (χ1) is 6.26. The molecule has 78 valence electrons. The Balaban J connectivity index is 0.00000169. The van der Waals surface area contributed by atoms with E-state index >= 15 is 0 Å². The van der Waals surface area contributed by atoms with Crippen LogP contribution in [0.25, 0.3) is 0 Å². The summed E-state index contributed by atoms with van der Waals surface area (Å²) >= 11 is 0. The highest BCUT2D eigenvalue weighted by molar-refractivity contribution is 5.85. The monoisotopic (exact) mass is 215 g/mol. The second-order valence-electron chi connectivity index (χ2n) is 2.78. The lowest BCUT2D eigenvalue weighted by Gasteiger charge is -2.01. The van der Waals surface area contributed by atoms with Crippen LogP contribution in [0.15, 0.2) is 24.3 Å². The van der Waals surface area contributed by atoms with Crippen molar-refractivity contribution in [1.29, 1.82) is 0 Å². The van der Waals surface area contributed by atoms with Crippen molar-refractivity contribution < 1.29 is 9.53 Å². The predicted octanol–water partition coefficient (Wildman–Crippen LogP) is 1.28. The van der Waals surface area contributed by atoms with E-state index in [-0.39, 0.29) is 18.4 Å². The highest BCUT2D eigenvalue weighted by Gasteiger charge is 2.02. The number of ether oxygens (including phenoxy) is 1. The smallest absolute Gasteiger partial charge is 0.309 e. The summed E-state index contributed by atoms with van der Waals surface area (Å²) in [5.41, 5.74) is 7.43. The van der Waals surface area contributed by atoms with Crippen molar-refractivity contribution in [3.63, 3.8) is 0 Å². The first-order valence-electron chi connectivity index (χ1n) is 4.11. The standard InChI is InChI=1S/C10H13NO2.ClH/c1-13-10(12)6-8-3-2-4-9(5-8)7-11;/h2-5H,6-7,11H2,1H3;1H. The Hall–Kier alpha value is -1.06. The lowest BCUT2D eigenvalue weighted by molar-refractivity contribution is -0.139. The summed E-state index contributed by atoms with van der Waals surface area (Å²) in [6.45, 7) is 0.495. The molecule has 0 aromatic heterocycles. The normalized spacial score (nSPS) is 9.00. The Morgan fingerprint density at radius 2 is 2.07 bits per heavy atom. The van der Waals surface area contributed by atoms with Gasteiger partial charge in [-0.05, 0) is 11.1 Å². The molecule has 0 aliphatic rings. The summed E-state index contributed by atoms with van der Waals surface area (Å²) in [5.74, 6) is -0.228. The molecule has 0 amide bonds. The van der Waals surface area contributed by atoms with Crippen molar-refractivity contribution in [1.82, 2.24) is 0 Å². The molecule has 4 heteroatoms. The Kier molecular flexibility index (Phi) is 5.92. The summed E-state index contributed by atoms with van der Waals surface area (Å²) in [7, 11) is 1.38. The topological polar surface area (TPSA) is 52.3 Å². The molecule has 0 bridgehead atoms. The van der Waals surface area contributed by atoms with Crippen LogP contribution in [0.4, 0.5) is 0 Å². The summed E-state index contributed by atoms with van der Waals surface area (Å²) < 4.78 is 4.56. The molecule has 2 N–H and O–H groups in total. The van der Waals surface area contributed by atoms with Crippen LogP contribution >= 0.6 is 12.4 Å². The van der Waals surface area contributed by atoms with Crippen molar-refractivity contribution >= 4 is 18.4 Å². The molecule has 0 heterocycles. The molecular formula is C10H14ClNO2. The highest BCUT2D eigenvalue weighted by Crippen LogP contribution is 2.05. The van der Waals surface area contributed by atoms with E-state index in [4.69, 9.17) is 5.73 Å². The summed E-state index contributed by atoms with van der Waals surface area (Å²) in [5, 5.41) is 0. The van der Waals surface area contributed by atoms with Crippen LogP contribution in [0.5, 0.6) is 0 Å². The largest absolute Gasteiger partial charge is 0.469 e. The molecule has 14 heavy (non-hydrogen) atoms. The minimum atomic E-state index is -0.228. The van der Waals surface area contributed by atoms with Crippen LogP contribution in [-0.2, 0) is 22.5 Å². The van der Waals surface area contributed by atoms with Crippen molar-refractivity contribution in [3.8, 4) is 0 Å². The van der Waals surface area contributed by atoms with Gasteiger partial charge in [-0.2, -0.15) is 0 Å². The van der Waals surface area contributed by atoms with Gasteiger partial charge in [0, 0.05) is 6.54 Å². The number of hydrogen-bond donors (Lipinski definition) is 1. The van der Waals surface area contributed by atoms with Gasteiger partial charge in [0.25, 0.3) is 0 Å². The SMILES string of the molecule is COC(=O)Cc1cccc(CN)c1.Cl. The van der Waals surface area contributed by atoms with Crippen LogP contribution in [0.2, 0.25) is 0 Å². The average Bonchev–Trinajstić information content (AvgIpc) is 2.18. The molecule has 0 saturated carbocycles. The Morgan fingerprint density at radius 3 is 2.64 bits per heavy atom. The van der Waals surface area contributed by atoms with E-state index in [1.54, 1.807) is 0 Å². The molecule has 3 nitrogen and oxygen atoms in total. The van der Waals surface area contributed by atoms with Gasteiger partial charge in [0.2, 0.25) is 0 Å². The summed E-state index contributed by atoms with van der Waals surface area (Å²) in [4.78, 5) is 10.9. The van der Waals surface area contributed by atoms with E-state index in [0.717, 1.165) is 11.1 Å². The van der Waals surface area contributed by atoms with Crippen LogP contribution in [-0.4, -0.2) is 13.1 Å². The van der Waals surface area contributed by atoms with Crippen LogP contribution in [0, 0.1) is 0 Å². The zero-order valence-corrected chi connectivity index (χ0v) is 8.84. The minimum Gasteiger partial charge on any atom is -0.469 e. The van der Waals surface area contributed by atoms with E-state index in [2.05, 4.69) is 4.74 Å². The number of carbonyl (C=O) groups is 1. The number of halogens is 1. The van der Waals surface area contributed by atoms with Gasteiger partial charge in [-0.1, -0.05) is 24.3 Å². The van der Waals surface area contributed by atoms with Gasteiger partial charge < -0.3 is 10.5 Å². The number of nitrogens with two attached hydrogens (primary N) is 1. The number of carbonyl (C=O) groups excluding carboxylic acids is 1. The fourth-order valence-electron chi connectivity index (χ4n) is 1.11. The Labute approximate surface area is 89.7 Å². The van der Waals surface area contributed by atoms with Crippen molar-refractivity contribution in [2.24, 2.45) is 5.73 Å². The number of methoxy groups -OCH3 is 1. The minimum absolute atomic E-state index is 0. The van der Waals surface area contributed by atoms with Crippen LogP contribution in [0.1, 0.15) is 11.1 Å². The van der Waals surface area contributed by atoms with Crippen molar-refractivity contribution in [2.75, 3.05) is 7.11 Å². The predicted molar refractivity (Wildman–Crippen MR) is 57.3 cm³/mol. The maximum absolute atomic E-state index is 10.9. The summed E-state index contributed by atoms with van der Waals surface area (Å²) in [6.07, 6.45) is 0.310. The van der Waals surface area contributed by atoms with Gasteiger partial charge >= 0.3 is 5.97 Å². The third-order valence-electron chi connectivity index (χ3n) is 1.80. The van der Waals surface area contributed by atoms with Gasteiger partial charge in [-0.15, -0.1) is 12.4 Å². The molecule has 0 unspecified atom stereocenters. The van der Waals surface area contributed by atoms with Crippen molar-refractivity contribution in [2.45, 2.75) is 13.0 Å². The lowest BCUT2D eigenvalue weighted by atomic mass is 10.1. The molecule has 0 aliphatic carbocycles. The van der Waals surface area contributed by atoms with Gasteiger partial charge in [-0.3, -0.25) is 4.79 Å². The van der Waals surface area contributed by atoms with E-state index in [1.165, 1.54) is 7.11 Å². The summed E-state index contributed by atoms with van der Waals surface area (Å²) in [6, 6.07) is 7.62. The van der Waals surface area contributed by atoms with E-state index < -0.39 is 0 Å². The van der Waals surface area contributed by atoms with Gasteiger partial charge in [0.1, 0.15) is 0 Å². The van der Waals surface area contributed by atoms with E-state index in [1.807, 2.05) is 24.3 Å². The molecule has 1 aromatic rings. The maximum atomic E-state index is 10.9. The van der Waals surface area contributed by atoms with Gasteiger partial charge in [0.05, 0.1) is 13.5 Å². The van der Waals surface area contributed by atoms with Crippen LogP contribution < -0.4 is 5.73 Å². The molecule has 0 fully saturated rings. The average molecular weight is 216 g/mol. The third-order valence-corrected chi connectivity index (χ3v) is 1.80. The van der Waals surface area contributed by atoms with E-state index in [9.17, 15) is 4.79 Å². The van der Waals surface area contributed by atoms with E-state index in [0.29, 0.717) is 13.0 Å². The quantitative estimate of drug-likeness (QED) is 0.773. The Bertz CT molecular complexity index is 302. The molecule has 0 aliphatic heterocycles. The fraction of sp³-hybridized carbons (Fsp3) is 0.300. The molecular weight excluding hydrogens is 202 g/mol. The Morgan fingerprint density at radius 1 is 1.43 bits per heavy atom. The molecule has 0 radical (unpaired) electrons. The fourth-order valence-corrected chi connectivity index (χ4v) is 1.11. The molecule has 1 aromatic carbocycles. The van der Waals surface area contributed by atoms with Gasteiger partial charge in [0.15, 0.2) is 0 Å². The van der Waals surface area contributed by atoms with Gasteiger partial charge in [-0.25, -0.2) is 0 Å². The zero-order chi connectivity index (χ0) is 9.68. The third kappa shape index (κ3) is 3.77. The molecule has 0 atom stereocenters. The number of hydrogen-bond acceptors (Lipinski definition) is 3. The zero-order valence-electron chi connectivity index (χ0n) is 8.03. The number of benzene rings is 1. The highest BCUT2D eigenvalue weighted by atomic mass is 35.5. The lowest BCUT2D eigenvalue weighted by Crippen LogP contribution is -2.05. The van der Waals surface area contributed by atoms with Crippen molar-refractivity contribution in [3.05, 3.63) is 35.4 Å². The maximum Gasteiger partial charge on any atom is 0.309 e. The number of rotatable bonds is 3. The molecule has 0 saturated heterocycles. The molecule has 1 rings (SSSR count). The second kappa shape index (κ2) is 6.40.